The van der Waals surface area contributed by atoms with Crippen LogP contribution in [-0.2, 0) is 11.2 Å². The van der Waals surface area contributed by atoms with E-state index in [2.05, 4.69) is 5.43 Å². The number of hydrogen-bond donors (Lipinski definition) is 1. The lowest BCUT2D eigenvalue weighted by atomic mass is 10.0. The molecule has 1 unspecified atom stereocenters. The molecule has 1 aromatic carbocycles. The van der Waals surface area contributed by atoms with Gasteiger partial charge in [-0.05, 0) is 37.0 Å². The summed E-state index contributed by atoms with van der Waals surface area (Å²) in [5, 5.41) is 9.68. The second kappa shape index (κ2) is 6.79. The van der Waals surface area contributed by atoms with Gasteiger partial charge in [0, 0.05) is 13.0 Å². The first-order valence-electron chi connectivity index (χ1n) is 7.02. The number of carbonyl (C=O) groups excluding carboxylic acids is 1. The maximum atomic E-state index is 13.1. The first kappa shape index (κ1) is 16.3. The van der Waals surface area contributed by atoms with Crippen LogP contribution in [0.5, 0.6) is 0 Å². The molecule has 1 heterocycles. The van der Waals surface area contributed by atoms with E-state index in [0.717, 1.165) is 10.6 Å². The topological polar surface area (TPSA) is 56.1 Å². The minimum Gasteiger partial charge on any atom is -0.288 e. The van der Waals surface area contributed by atoms with Crippen LogP contribution in [0.15, 0.2) is 24.3 Å². The Morgan fingerprint density at radius 3 is 2.50 bits per heavy atom. The number of benzene rings is 1. The van der Waals surface area contributed by atoms with Crippen molar-refractivity contribution >= 4 is 5.91 Å². The predicted octanol–water partition coefficient (Wildman–Crippen LogP) is 2.55. The molecule has 1 N–H and O–H groups in total. The van der Waals surface area contributed by atoms with E-state index in [1.807, 2.05) is 6.07 Å². The van der Waals surface area contributed by atoms with E-state index >= 15 is 0 Å². The minimum absolute atomic E-state index is 0.0796. The summed E-state index contributed by atoms with van der Waals surface area (Å²) in [6.07, 6.45) is -3.50. The number of aryl methyl sites for hydroxylation is 1. The average Bonchev–Trinajstić information content (AvgIpc) is 2.89. The molecule has 0 radical (unpaired) electrons. The van der Waals surface area contributed by atoms with Crippen molar-refractivity contribution in [2.45, 2.75) is 37.9 Å². The quantitative estimate of drug-likeness (QED) is 0.909. The molecule has 1 fully saturated rings. The minimum atomic E-state index is -4.37. The molecule has 0 bridgehead atoms. The van der Waals surface area contributed by atoms with Gasteiger partial charge in [0.05, 0.1) is 11.6 Å². The molecule has 1 aliphatic heterocycles. The van der Waals surface area contributed by atoms with Crippen molar-refractivity contribution in [1.82, 2.24) is 10.4 Å². The molecule has 1 atom stereocenters. The van der Waals surface area contributed by atoms with Crippen molar-refractivity contribution in [3.63, 3.8) is 0 Å². The number of nitrogens with one attached hydrogen (secondary N) is 1. The number of nitrogens with zero attached hydrogens (tertiary/aromatic N) is 2. The molecule has 0 aromatic heterocycles. The highest BCUT2D eigenvalue weighted by atomic mass is 19.4. The van der Waals surface area contributed by atoms with E-state index in [1.165, 1.54) is 0 Å². The van der Waals surface area contributed by atoms with Gasteiger partial charge in [-0.2, -0.15) is 18.4 Å². The van der Waals surface area contributed by atoms with Gasteiger partial charge in [0.15, 0.2) is 0 Å². The summed E-state index contributed by atoms with van der Waals surface area (Å²) in [5.41, 5.74) is 3.68. The van der Waals surface area contributed by atoms with Gasteiger partial charge in [0.1, 0.15) is 6.04 Å². The fourth-order valence-electron chi connectivity index (χ4n) is 2.47. The van der Waals surface area contributed by atoms with Crippen molar-refractivity contribution in [1.29, 1.82) is 5.26 Å². The number of hydrogen-bond acceptors (Lipinski definition) is 3. The number of nitriles is 1. The average molecular weight is 311 g/mol. The molecular weight excluding hydrogens is 295 g/mol. The van der Waals surface area contributed by atoms with Crippen molar-refractivity contribution in [2.24, 2.45) is 0 Å². The van der Waals surface area contributed by atoms with E-state index in [9.17, 15) is 18.0 Å². The van der Waals surface area contributed by atoms with Gasteiger partial charge in [-0.25, -0.2) is 5.01 Å². The Labute approximate surface area is 126 Å². The summed E-state index contributed by atoms with van der Waals surface area (Å²) in [6, 6.07) is 7.14. The summed E-state index contributed by atoms with van der Waals surface area (Å²) < 4.78 is 39.3. The molecule has 0 spiro atoms. The molecule has 7 heteroatoms. The molecular formula is C15H16F3N3O. The Morgan fingerprint density at radius 2 is 2.00 bits per heavy atom. The van der Waals surface area contributed by atoms with Gasteiger partial charge in [0.25, 0.3) is 0 Å². The van der Waals surface area contributed by atoms with Crippen LogP contribution in [0, 0.1) is 11.3 Å². The van der Waals surface area contributed by atoms with E-state index < -0.39 is 12.2 Å². The normalized spacial score (nSPS) is 17.1. The third-order valence-electron chi connectivity index (χ3n) is 3.63. The molecule has 0 aliphatic carbocycles. The van der Waals surface area contributed by atoms with Gasteiger partial charge in [0.2, 0.25) is 5.91 Å². The van der Waals surface area contributed by atoms with E-state index in [0.29, 0.717) is 18.4 Å². The zero-order chi connectivity index (χ0) is 16.2. The molecule has 2 rings (SSSR count). The van der Waals surface area contributed by atoms with Gasteiger partial charge >= 0.3 is 6.18 Å². The monoisotopic (exact) mass is 311 g/mol. The SMILES string of the molecule is N#Cc1ccc(CCCC(N2CCC(=O)N2)C(F)(F)F)cc1. The summed E-state index contributed by atoms with van der Waals surface area (Å²) in [4.78, 5) is 11.1. The highest BCUT2D eigenvalue weighted by Gasteiger charge is 2.45. The molecule has 118 valence electrons. The van der Waals surface area contributed by atoms with Crippen LogP contribution in [0.25, 0.3) is 0 Å². The number of rotatable bonds is 5. The lowest BCUT2D eigenvalue weighted by Gasteiger charge is -2.28. The Balaban J connectivity index is 1.91. The highest BCUT2D eigenvalue weighted by molar-refractivity contribution is 5.77. The van der Waals surface area contributed by atoms with Crippen LogP contribution in [0.4, 0.5) is 13.2 Å². The summed E-state index contributed by atoms with van der Waals surface area (Å²) >= 11 is 0. The van der Waals surface area contributed by atoms with Crippen LogP contribution in [0.3, 0.4) is 0 Å². The van der Waals surface area contributed by atoms with Crippen molar-refractivity contribution in [3.05, 3.63) is 35.4 Å². The number of hydrazine groups is 1. The van der Waals surface area contributed by atoms with Crippen LogP contribution < -0.4 is 5.43 Å². The lowest BCUT2D eigenvalue weighted by molar-refractivity contribution is -0.190. The Bertz CT molecular complexity index is 563. The summed E-state index contributed by atoms with van der Waals surface area (Å²) in [5.74, 6) is -0.374. The van der Waals surface area contributed by atoms with Crippen LogP contribution in [-0.4, -0.2) is 29.7 Å². The zero-order valence-electron chi connectivity index (χ0n) is 11.9. The number of halogens is 3. The fraction of sp³-hybridized carbons (Fsp3) is 0.467. The van der Waals surface area contributed by atoms with E-state index in [4.69, 9.17) is 5.26 Å². The van der Waals surface area contributed by atoms with E-state index in [-0.39, 0.29) is 25.3 Å². The van der Waals surface area contributed by atoms with Crippen molar-refractivity contribution in [2.75, 3.05) is 6.54 Å². The fourth-order valence-corrected chi connectivity index (χ4v) is 2.47. The number of carbonyl (C=O) groups is 1. The molecule has 1 amide bonds. The number of alkyl halides is 3. The third-order valence-corrected chi connectivity index (χ3v) is 3.63. The second-order valence-electron chi connectivity index (χ2n) is 5.24. The first-order chi connectivity index (χ1) is 10.4. The predicted molar refractivity (Wildman–Crippen MR) is 73.4 cm³/mol. The van der Waals surface area contributed by atoms with Crippen LogP contribution in [0.2, 0.25) is 0 Å². The molecule has 1 aromatic rings. The maximum absolute atomic E-state index is 13.1. The summed E-state index contributed by atoms with van der Waals surface area (Å²) in [7, 11) is 0. The van der Waals surface area contributed by atoms with E-state index in [1.54, 1.807) is 24.3 Å². The van der Waals surface area contributed by atoms with Gasteiger partial charge in [-0.15, -0.1) is 0 Å². The van der Waals surface area contributed by atoms with Gasteiger partial charge in [-0.3, -0.25) is 10.2 Å². The standard InChI is InChI=1S/C15H16F3N3O/c16-15(17,18)13(21-9-8-14(22)20-21)3-1-2-11-4-6-12(10-19)7-5-11/h4-7,13H,1-3,8-9H2,(H,20,22). The van der Waals surface area contributed by atoms with Gasteiger partial charge in [-0.1, -0.05) is 12.1 Å². The Morgan fingerprint density at radius 1 is 1.32 bits per heavy atom. The largest absolute Gasteiger partial charge is 0.405 e. The van der Waals surface area contributed by atoms with Crippen LogP contribution in [0.1, 0.15) is 30.4 Å². The second-order valence-corrected chi connectivity index (χ2v) is 5.24. The summed E-state index contributed by atoms with van der Waals surface area (Å²) in [6.45, 7) is 0.0832. The third kappa shape index (κ3) is 4.21. The van der Waals surface area contributed by atoms with Gasteiger partial charge < -0.3 is 0 Å². The highest BCUT2D eigenvalue weighted by Crippen LogP contribution is 2.29. The van der Waals surface area contributed by atoms with Crippen LogP contribution >= 0.6 is 0 Å². The van der Waals surface area contributed by atoms with Crippen molar-refractivity contribution in [3.8, 4) is 6.07 Å². The lowest BCUT2D eigenvalue weighted by Crippen LogP contribution is -2.49. The molecule has 4 nitrogen and oxygen atoms in total. The smallest absolute Gasteiger partial charge is 0.288 e. The Hall–Kier alpha value is -2.07. The molecule has 22 heavy (non-hydrogen) atoms. The van der Waals surface area contributed by atoms with Crippen molar-refractivity contribution < 1.29 is 18.0 Å². The molecule has 0 saturated carbocycles. The Kier molecular flexibility index (Phi) is 5.03. The maximum Gasteiger partial charge on any atom is 0.405 e. The zero-order valence-corrected chi connectivity index (χ0v) is 11.9. The molecule has 1 saturated heterocycles. The first-order valence-corrected chi connectivity index (χ1v) is 7.02. The molecule has 1 aliphatic rings. The number of amides is 1.